The molecule has 31 heavy (non-hydrogen) atoms. The van der Waals surface area contributed by atoms with Gasteiger partial charge in [-0.3, -0.25) is 4.79 Å². The number of thioether (sulfide) groups is 1. The normalized spacial score (nSPS) is 27.1. The Morgan fingerprint density at radius 3 is 2.48 bits per heavy atom. The molecule has 1 aromatic carbocycles. The zero-order valence-corrected chi connectivity index (χ0v) is 18.3. The van der Waals surface area contributed by atoms with E-state index in [0.717, 1.165) is 19.3 Å². The third-order valence-corrected chi connectivity index (χ3v) is 9.09. The molecule has 0 unspecified atom stereocenters. The molecule has 6 nitrogen and oxygen atoms in total. The van der Waals surface area contributed by atoms with E-state index in [9.17, 15) is 26.4 Å². The highest BCUT2D eigenvalue weighted by molar-refractivity contribution is 8.16. The number of amidine groups is 1. The average molecular weight is 477 g/mol. The minimum Gasteiger partial charge on any atom is -0.406 e. The topological polar surface area (TPSA) is 76.0 Å². The maximum absolute atomic E-state index is 12.5. The lowest BCUT2D eigenvalue weighted by molar-refractivity contribution is -0.274. The van der Waals surface area contributed by atoms with E-state index < -0.39 is 22.2 Å². The molecule has 0 bridgehead atoms. The van der Waals surface area contributed by atoms with Crippen LogP contribution in [-0.2, 0) is 14.6 Å². The second kappa shape index (κ2) is 8.65. The monoisotopic (exact) mass is 476 g/mol. The number of anilines is 1. The van der Waals surface area contributed by atoms with E-state index in [1.165, 1.54) is 48.9 Å². The predicted molar refractivity (Wildman–Crippen MR) is 113 cm³/mol. The van der Waals surface area contributed by atoms with Gasteiger partial charge in [-0.1, -0.05) is 37.4 Å². The van der Waals surface area contributed by atoms with Crippen molar-refractivity contribution in [2.75, 3.05) is 16.4 Å². The zero-order valence-electron chi connectivity index (χ0n) is 16.7. The van der Waals surface area contributed by atoms with E-state index in [4.69, 9.17) is 0 Å². The molecular formula is C20H23F3N2O4S2. The van der Waals surface area contributed by atoms with Crippen molar-refractivity contribution in [3.8, 4) is 5.75 Å². The van der Waals surface area contributed by atoms with Crippen LogP contribution in [0.1, 0.15) is 38.5 Å². The van der Waals surface area contributed by atoms with Gasteiger partial charge in [0.2, 0.25) is 5.91 Å². The van der Waals surface area contributed by atoms with Gasteiger partial charge in [0.05, 0.1) is 17.5 Å². The first-order valence-corrected chi connectivity index (χ1v) is 12.9. The first-order valence-electron chi connectivity index (χ1n) is 10.2. The molecule has 0 N–H and O–H groups in total. The number of fused-ring (bicyclic) bond motifs is 1. The summed E-state index contributed by atoms with van der Waals surface area (Å²) in [5, 5.41) is 0.142. The fourth-order valence-electron chi connectivity index (χ4n) is 4.46. The van der Waals surface area contributed by atoms with Crippen molar-refractivity contribution in [1.29, 1.82) is 0 Å². The van der Waals surface area contributed by atoms with Crippen molar-refractivity contribution in [2.24, 2.45) is 10.9 Å². The van der Waals surface area contributed by atoms with Crippen LogP contribution in [0.25, 0.3) is 0 Å². The van der Waals surface area contributed by atoms with Gasteiger partial charge in [0.25, 0.3) is 0 Å². The molecule has 0 radical (unpaired) electrons. The highest BCUT2D eigenvalue weighted by atomic mass is 32.2. The van der Waals surface area contributed by atoms with Gasteiger partial charge < -0.3 is 9.64 Å². The quantitative estimate of drug-likeness (QED) is 0.635. The molecule has 2 aliphatic heterocycles. The molecule has 0 aromatic heterocycles. The van der Waals surface area contributed by atoms with Crippen LogP contribution in [0.4, 0.5) is 18.9 Å². The number of hydrogen-bond donors (Lipinski definition) is 0. The van der Waals surface area contributed by atoms with E-state index in [2.05, 4.69) is 9.73 Å². The number of aliphatic imine (C=N–C) groups is 1. The molecule has 3 aliphatic rings. The van der Waals surface area contributed by atoms with E-state index in [0.29, 0.717) is 23.2 Å². The van der Waals surface area contributed by atoms with Gasteiger partial charge in [-0.15, -0.1) is 13.2 Å². The number of ether oxygens (including phenoxy) is 1. The number of alkyl halides is 3. The third kappa shape index (κ3) is 5.54. The maximum atomic E-state index is 12.5. The molecule has 4 rings (SSSR count). The van der Waals surface area contributed by atoms with Crippen LogP contribution in [0.5, 0.6) is 5.75 Å². The highest BCUT2D eigenvalue weighted by Crippen LogP contribution is 2.41. The fourth-order valence-corrected chi connectivity index (χ4v) is 8.40. The summed E-state index contributed by atoms with van der Waals surface area (Å²) in [5.41, 5.74) is 0.481. The van der Waals surface area contributed by atoms with Crippen LogP contribution < -0.4 is 9.64 Å². The van der Waals surface area contributed by atoms with Crippen molar-refractivity contribution >= 4 is 38.4 Å². The van der Waals surface area contributed by atoms with Crippen molar-refractivity contribution in [3.05, 3.63) is 24.3 Å². The summed E-state index contributed by atoms with van der Waals surface area (Å²) in [6, 6.07) is 4.78. The smallest absolute Gasteiger partial charge is 0.406 e. The summed E-state index contributed by atoms with van der Waals surface area (Å²) in [6.45, 7) is 0. The van der Waals surface area contributed by atoms with E-state index >= 15 is 0 Å². The van der Waals surface area contributed by atoms with Crippen LogP contribution in [0.2, 0.25) is 0 Å². The summed E-state index contributed by atoms with van der Waals surface area (Å²) in [7, 11) is -3.23. The first-order chi connectivity index (χ1) is 14.6. The molecule has 11 heteroatoms. The van der Waals surface area contributed by atoms with E-state index in [-0.39, 0.29) is 28.4 Å². The molecule has 170 valence electrons. The molecule has 2 heterocycles. The Kier molecular flexibility index (Phi) is 6.26. The lowest BCUT2D eigenvalue weighted by Crippen LogP contribution is -2.37. The summed E-state index contributed by atoms with van der Waals surface area (Å²) in [4.78, 5) is 18.4. The summed E-state index contributed by atoms with van der Waals surface area (Å²) < 4.78 is 65.4. The maximum Gasteiger partial charge on any atom is 0.573 e. The largest absolute Gasteiger partial charge is 0.573 e. The average Bonchev–Trinajstić information content (AvgIpc) is 3.34. The number of rotatable bonds is 5. The Morgan fingerprint density at radius 1 is 1.16 bits per heavy atom. The van der Waals surface area contributed by atoms with Crippen LogP contribution in [0, 0.1) is 5.92 Å². The van der Waals surface area contributed by atoms with Crippen molar-refractivity contribution < 1.29 is 31.1 Å². The molecule has 1 amide bonds. The second-order valence-electron chi connectivity index (χ2n) is 8.19. The van der Waals surface area contributed by atoms with Crippen LogP contribution in [-0.4, -0.2) is 48.7 Å². The minimum absolute atomic E-state index is 0.0105. The van der Waals surface area contributed by atoms with Crippen molar-refractivity contribution in [2.45, 2.75) is 56.2 Å². The number of carbonyl (C=O) groups excluding carboxylic acids is 1. The SMILES string of the molecule is O=C(CCC1CCCC1)N=C1S[C@H]2CS(=O)(=O)C[C@H]2N1c1ccc(OC(F)(F)F)cc1. The van der Waals surface area contributed by atoms with Gasteiger partial charge in [0, 0.05) is 17.4 Å². The molecule has 0 spiro atoms. The third-order valence-electron chi connectivity index (χ3n) is 5.88. The number of halogens is 3. The Hall–Kier alpha value is -1.75. The lowest BCUT2D eigenvalue weighted by Gasteiger charge is -2.24. The Bertz CT molecular complexity index is 958. The number of sulfone groups is 1. The molecule has 2 atom stereocenters. The molecule has 1 saturated carbocycles. The highest BCUT2D eigenvalue weighted by Gasteiger charge is 2.49. The van der Waals surface area contributed by atoms with Crippen LogP contribution in [0.15, 0.2) is 29.3 Å². The van der Waals surface area contributed by atoms with Crippen LogP contribution in [0.3, 0.4) is 0 Å². The van der Waals surface area contributed by atoms with Crippen LogP contribution >= 0.6 is 11.8 Å². The Morgan fingerprint density at radius 2 is 1.84 bits per heavy atom. The molecule has 2 saturated heterocycles. The van der Waals surface area contributed by atoms with Gasteiger partial charge in [-0.2, -0.15) is 4.99 Å². The zero-order chi connectivity index (χ0) is 22.2. The van der Waals surface area contributed by atoms with Gasteiger partial charge in [-0.05, 0) is 36.6 Å². The summed E-state index contributed by atoms with van der Waals surface area (Å²) in [5.74, 6) is -0.157. The molecule has 3 fully saturated rings. The molecule has 1 aromatic rings. The van der Waals surface area contributed by atoms with Crippen molar-refractivity contribution in [1.82, 2.24) is 0 Å². The molecular weight excluding hydrogens is 453 g/mol. The molecule has 1 aliphatic carbocycles. The Balaban J connectivity index is 1.54. The number of hydrogen-bond acceptors (Lipinski definition) is 5. The van der Waals surface area contributed by atoms with E-state index in [1.54, 1.807) is 4.90 Å². The predicted octanol–water partition coefficient (Wildman–Crippen LogP) is 4.16. The summed E-state index contributed by atoms with van der Waals surface area (Å²) >= 11 is 1.25. The van der Waals surface area contributed by atoms with Gasteiger partial charge in [-0.25, -0.2) is 8.42 Å². The van der Waals surface area contributed by atoms with Gasteiger partial charge in [0.15, 0.2) is 15.0 Å². The number of benzene rings is 1. The van der Waals surface area contributed by atoms with Crippen molar-refractivity contribution in [3.63, 3.8) is 0 Å². The number of carbonyl (C=O) groups is 1. The number of amides is 1. The van der Waals surface area contributed by atoms with Gasteiger partial charge in [0.1, 0.15) is 5.75 Å². The van der Waals surface area contributed by atoms with E-state index in [1.807, 2.05) is 0 Å². The fraction of sp³-hybridized carbons (Fsp3) is 0.600. The lowest BCUT2D eigenvalue weighted by atomic mass is 10.0. The number of nitrogens with zero attached hydrogens (tertiary/aromatic N) is 2. The summed E-state index contributed by atoms with van der Waals surface area (Å²) in [6.07, 6.45) is 1.01. The minimum atomic E-state index is -4.80. The second-order valence-corrected chi connectivity index (χ2v) is 11.5. The standard InChI is InChI=1S/C20H23F3N2O4S2/c21-20(22,23)29-15-8-6-14(7-9-15)25-16-11-31(27,28)12-17(16)30-19(25)24-18(26)10-5-13-3-1-2-4-13/h6-9,13,16-17H,1-5,10-12H2/t16-,17+/m1/s1. The van der Waals surface area contributed by atoms with Gasteiger partial charge >= 0.3 is 6.36 Å². The Labute approximate surface area is 183 Å². The first kappa shape index (κ1) is 22.4.